The van der Waals surface area contributed by atoms with Gasteiger partial charge in [0.2, 0.25) is 5.75 Å². The van der Waals surface area contributed by atoms with Gasteiger partial charge in [-0.15, -0.1) is 0 Å². The summed E-state index contributed by atoms with van der Waals surface area (Å²) >= 11 is 0. The van der Waals surface area contributed by atoms with Crippen LogP contribution in [0.2, 0.25) is 0 Å². The molecule has 0 aliphatic rings. The topological polar surface area (TPSA) is 89.2 Å². The fourth-order valence-corrected chi connectivity index (χ4v) is 1.55. The van der Waals surface area contributed by atoms with Crippen LogP contribution in [0.4, 0.5) is 0 Å². The SMILES string of the molecule is COC(=O)C(N)COc1cc(OC)c(OC)c(OC)c1. The first-order chi connectivity index (χ1) is 9.57. The normalized spacial score (nSPS) is 11.4. The Morgan fingerprint density at radius 1 is 1.10 bits per heavy atom. The number of ether oxygens (including phenoxy) is 5. The van der Waals surface area contributed by atoms with Gasteiger partial charge in [-0.2, -0.15) is 0 Å². The molecule has 0 fully saturated rings. The largest absolute Gasteiger partial charge is 0.493 e. The highest BCUT2D eigenvalue weighted by atomic mass is 16.5. The first kappa shape index (κ1) is 15.9. The van der Waals surface area contributed by atoms with Gasteiger partial charge in [0, 0.05) is 12.1 Å². The summed E-state index contributed by atoms with van der Waals surface area (Å²) in [5.74, 6) is 1.26. The van der Waals surface area contributed by atoms with Crippen molar-refractivity contribution < 1.29 is 28.5 Å². The fraction of sp³-hybridized carbons (Fsp3) is 0.462. The van der Waals surface area contributed by atoms with Crippen LogP contribution in [-0.2, 0) is 9.53 Å². The van der Waals surface area contributed by atoms with Crippen LogP contribution in [-0.4, -0.2) is 47.1 Å². The predicted molar refractivity (Wildman–Crippen MR) is 71.6 cm³/mol. The van der Waals surface area contributed by atoms with Gasteiger partial charge < -0.3 is 29.4 Å². The second-order valence-corrected chi connectivity index (χ2v) is 3.80. The number of benzene rings is 1. The minimum Gasteiger partial charge on any atom is -0.493 e. The molecule has 0 spiro atoms. The number of rotatable bonds is 7. The monoisotopic (exact) mass is 285 g/mol. The van der Waals surface area contributed by atoms with Crippen LogP contribution in [0.1, 0.15) is 0 Å². The smallest absolute Gasteiger partial charge is 0.326 e. The Balaban J connectivity index is 2.88. The average Bonchev–Trinajstić information content (AvgIpc) is 2.50. The molecule has 0 radical (unpaired) electrons. The van der Waals surface area contributed by atoms with Gasteiger partial charge in [-0.3, -0.25) is 4.79 Å². The van der Waals surface area contributed by atoms with Gasteiger partial charge in [0.1, 0.15) is 18.4 Å². The van der Waals surface area contributed by atoms with E-state index in [-0.39, 0.29) is 6.61 Å². The molecule has 112 valence electrons. The predicted octanol–water partition coefficient (Wildman–Crippen LogP) is 0.591. The molecule has 1 aromatic rings. The Hall–Kier alpha value is -2.15. The zero-order valence-electron chi connectivity index (χ0n) is 12.0. The van der Waals surface area contributed by atoms with E-state index in [9.17, 15) is 4.79 Å². The molecule has 0 saturated carbocycles. The molecule has 0 aromatic heterocycles. The number of methoxy groups -OCH3 is 4. The molecule has 1 unspecified atom stereocenters. The van der Waals surface area contributed by atoms with Gasteiger partial charge in [0.15, 0.2) is 11.5 Å². The first-order valence-corrected chi connectivity index (χ1v) is 5.83. The van der Waals surface area contributed by atoms with Crippen LogP contribution >= 0.6 is 0 Å². The molecule has 0 heterocycles. The summed E-state index contributed by atoms with van der Waals surface area (Å²) in [7, 11) is 5.78. The maximum Gasteiger partial charge on any atom is 0.326 e. The lowest BCUT2D eigenvalue weighted by molar-refractivity contribution is -0.142. The summed E-state index contributed by atoms with van der Waals surface area (Å²) in [5.41, 5.74) is 5.59. The number of carbonyl (C=O) groups is 1. The number of hydrogen-bond donors (Lipinski definition) is 1. The van der Waals surface area contributed by atoms with Crippen molar-refractivity contribution in [2.24, 2.45) is 5.73 Å². The summed E-state index contributed by atoms with van der Waals surface area (Å²) in [6.07, 6.45) is 0. The average molecular weight is 285 g/mol. The maximum absolute atomic E-state index is 11.2. The van der Waals surface area contributed by atoms with Crippen LogP contribution in [0.3, 0.4) is 0 Å². The minimum atomic E-state index is -0.862. The molecule has 1 aromatic carbocycles. The lowest BCUT2D eigenvalue weighted by Crippen LogP contribution is -2.37. The molecule has 7 heteroatoms. The van der Waals surface area contributed by atoms with Crippen molar-refractivity contribution in [1.29, 1.82) is 0 Å². The highest BCUT2D eigenvalue weighted by Gasteiger charge is 2.17. The summed E-state index contributed by atoms with van der Waals surface area (Å²) in [5, 5.41) is 0. The van der Waals surface area contributed by atoms with E-state index >= 15 is 0 Å². The quantitative estimate of drug-likeness (QED) is 0.733. The van der Waals surface area contributed by atoms with Gasteiger partial charge in [-0.1, -0.05) is 0 Å². The maximum atomic E-state index is 11.2. The summed E-state index contributed by atoms with van der Waals surface area (Å²) in [6.45, 7) is -0.0225. The zero-order valence-corrected chi connectivity index (χ0v) is 12.0. The summed E-state index contributed by atoms with van der Waals surface area (Å²) in [6, 6.07) is 2.37. The molecule has 7 nitrogen and oxygen atoms in total. The Labute approximate surface area is 117 Å². The molecule has 2 N–H and O–H groups in total. The van der Waals surface area contributed by atoms with Crippen molar-refractivity contribution in [2.45, 2.75) is 6.04 Å². The fourth-order valence-electron chi connectivity index (χ4n) is 1.55. The molecule has 1 atom stereocenters. The number of carbonyl (C=O) groups excluding carboxylic acids is 1. The van der Waals surface area contributed by atoms with Crippen molar-refractivity contribution in [2.75, 3.05) is 35.0 Å². The van der Waals surface area contributed by atoms with E-state index in [4.69, 9.17) is 24.7 Å². The Morgan fingerprint density at radius 3 is 2.05 bits per heavy atom. The van der Waals surface area contributed by atoms with Crippen molar-refractivity contribution in [1.82, 2.24) is 0 Å². The Morgan fingerprint density at radius 2 is 1.65 bits per heavy atom. The van der Waals surface area contributed by atoms with Crippen LogP contribution in [0.15, 0.2) is 12.1 Å². The van der Waals surface area contributed by atoms with Crippen molar-refractivity contribution in [3.05, 3.63) is 12.1 Å². The molecule has 0 bridgehead atoms. The Bertz CT molecular complexity index is 437. The van der Waals surface area contributed by atoms with Crippen LogP contribution in [0.25, 0.3) is 0 Å². The van der Waals surface area contributed by atoms with Gasteiger partial charge in [0.25, 0.3) is 0 Å². The van der Waals surface area contributed by atoms with Gasteiger partial charge in [-0.05, 0) is 0 Å². The number of esters is 1. The van der Waals surface area contributed by atoms with E-state index in [1.807, 2.05) is 0 Å². The highest BCUT2D eigenvalue weighted by Crippen LogP contribution is 2.40. The third-order valence-corrected chi connectivity index (χ3v) is 2.57. The summed E-state index contributed by atoms with van der Waals surface area (Å²) < 4.78 is 25.5. The van der Waals surface area contributed by atoms with E-state index < -0.39 is 12.0 Å². The molecule has 0 aliphatic carbocycles. The molecule has 0 amide bonds. The van der Waals surface area contributed by atoms with Crippen LogP contribution in [0.5, 0.6) is 23.0 Å². The molecule has 20 heavy (non-hydrogen) atoms. The molecular formula is C13H19NO6. The molecule has 0 saturated heterocycles. The van der Waals surface area contributed by atoms with E-state index in [0.717, 1.165) is 0 Å². The molecule has 1 rings (SSSR count). The van der Waals surface area contributed by atoms with E-state index in [1.54, 1.807) is 12.1 Å². The number of hydrogen-bond acceptors (Lipinski definition) is 7. The van der Waals surface area contributed by atoms with Crippen molar-refractivity contribution in [3.63, 3.8) is 0 Å². The van der Waals surface area contributed by atoms with Gasteiger partial charge in [-0.25, -0.2) is 0 Å². The van der Waals surface area contributed by atoms with Crippen LogP contribution < -0.4 is 24.7 Å². The van der Waals surface area contributed by atoms with Crippen LogP contribution in [0, 0.1) is 0 Å². The van der Waals surface area contributed by atoms with Gasteiger partial charge >= 0.3 is 5.97 Å². The van der Waals surface area contributed by atoms with Crippen molar-refractivity contribution >= 4 is 5.97 Å². The zero-order chi connectivity index (χ0) is 15.1. The second-order valence-electron chi connectivity index (χ2n) is 3.80. The lowest BCUT2D eigenvalue weighted by atomic mass is 10.2. The number of nitrogens with two attached hydrogens (primary N) is 1. The summed E-state index contributed by atoms with van der Waals surface area (Å²) in [4.78, 5) is 11.2. The molecular weight excluding hydrogens is 266 g/mol. The first-order valence-electron chi connectivity index (χ1n) is 5.83. The van der Waals surface area contributed by atoms with E-state index in [1.165, 1.54) is 28.4 Å². The standard InChI is InChI=1S/C13H19NO6/c1-16-10-5-8(6-11(17-2)12(10)18-3)20-7-9(14)13(15)19-4/h5-6,9H,7,14H2,1-4H3. The third-order valence-electron chi connectivity index (χ3n) is 2.57. The van der Waals surface area contributed by atoms with Gasteiger partial charge in [0.05, 0.1) is 28.4 Å². The lowest BCUT2D eigenvalue weighted by Gasteiger charge is -2.16. The Kier molecular flexibility index (Phi) is 5.92. The van der Waals surface area contributed by atoms with Crippen molar-refractivity contribution in [3.8, 4) is 23.0 Å². The third kappa shape index (κ3) is 3.67. The van der Waals surface area contributed by atoms with E-state index in [0.29, 0.717) is 23.0 Å². The second kappa shape index (κ2) is 7.44. The highest BCUT2D eigenvalue weighted by molar-refractivity contribution is 5.75. The van der Waals surface area contributed by atoms with E-state index in [2.05, 4.69) is 4.74 Å². The molecule has 0 aliphatic heterocycles. The minimum absolute atomic E-state index is 0.0225.